The number of aliphatic hydroxyl groups excluding tert-OH is 1. The summed E-state index contributed by atoms with van der Waals surface area (Å²) in [4.78, 5) is 22.0. The molecule has 0 radical (unpaired) electrons. The SMILES string of the molecule is CCOC(=O)CCc1ccc(Oc2ccc(CC(O)C(=O)O)cc2)cc1. The molecule has 0 heterocycles. The molecule has 2 N–H and O–H groups in total. The Bertz CT molecular complexity index is 721. The summed E-state index contributed by atoms with van der Waals surface area (Å²) >= 11 is 0. The Labute approximate surface area is 152 Å². The van der Waals surface area contributed by atoms with Crippen LogP contribution in [0.3, 0.4) is 0 Å². The van der Waals surface area contributed by atoms with Gasteiger partial charge in [0.05, 0.1) is 6.61 Å². The van der Waals surface area contributed by atoms with E-state index in [0.717, 1.165) is 5.56 Å². The van der Waals surface area contributed by atoms with Crippen LogP contribution in [0.2, 0.25) is 0 Å². The van der Waals surface area contributed by atoms with Crippen molar-refractivity contribution in [1.82, 2.24) is 0 Å². The van der Waals surface area contributed by atoms with Crippen LogP contribution in [0.4, 0.5) is 0 Å². The summed E-state index contributed by atoms with van der Waals surface area (Å²) in [6, 6.07) is 14.3. The van der Waals surface area contributed by atoms with Crippen LogP contribution >= 0.6 is 0 Å². The van der Waals surface area contributed by atoms with Gasteiger partial charge in [-0.15, -0.1) is 0 Å². The summed E-state index contributed by atoms with van der Waals surface area (Å²) in [5, 5.41) is 18.1. The van der Waals surface area contributed by atoms with Crippen molar-refractivity contribution in [3.8, 4) is 11.5 Å². The molecule has 2 aromatic rings. The molecule has 0 fully saturated rings. The zero-order valence-electron chi connectivity index (χ0n) is 14.6. The van der Waals surface area contributed by atoms with Gasteiger partial charge in [-0.3, -0.25) is 4.79 Å². The third kappa shape index (κ3) is 6.22. The molecule has 0 aliphatic heterocycles. The highest BCUT2D eigenvalue weighted by molar-refractivity contribution is 5.72. The van der Waals surface area contributed by atoms with E-state index in [2.05, 4.69) is 0 Å². The Morgan fingerprint density at radius 2 is 1.50 bits per heavy atom. The zero-order chi connectivity index (χ0) is 18.9. The number of carbonyl (C=O) groups is 2. The molecule has 0 saturated carbocycles. The Balaban J connectivity index is 1.88. The van der Waals surface area contributed by atoms with Gasteiger partial charge in [-0.25, -0.2) is 4.79 Å². The van der Waals surface area contributed by atoms with E-state index >= 15 is 0 Å². The monoisotopic (exact) mass is 358 g/mol. The molecular weight excluding hydrogens is 336 g/mol. The van der Waals surface area contributed by atoms with Crippen molar-refractivity contribution in [2.45, 2.75) is 32.3 Å². The van der Waals surface area contributed by atoms with Crippen LogP contribution in [0.25, 0.3) is 0 Å². The number of ether oxygens (including phenoxy) is 2. The number of carbonyl (C=O) groups excluding carboxylic acids is 1. The number of carboxylic acids is 1. The molecule has 0 spiro atoms. The second-order valence-electron chi connectivity index (χ2n) is 5.75. The summed E-state index contributed by atoms with van der Waals surface area (Å²) in [6.45, 7) is 2.17. The van der Waals surface area contributed by atoms with Crippen molar-refractivity contribution in [3.63, 3.8) is 0 Å². The van der Waals surface area contributed by atoms with E-state index in [4.69, 9.17) is 14.6 Å². The van der Waals surface area contributed by atoms with Crippen LogP contribution in [0.5, 0.6) is 11.5 Å². The van der Waals surface area contributed by atoms with Gasteiger partial charge in [-0.2, -0.15) is 0 Å². The topological polar surface area (TPSA) is 93.1 Å². The third-order valence-electron chi connectivity index (χ3n) is 3.72. The minimum absolute atomic E-state index is 0.0464. The lowest BCUT2D eigenvalue weighted by atomic mass is 10.1. The molecule has 0 bridgehead atoms. The van der Waals surface area contributed by atoms with Crippen molar-refractivity contribution in [3.05, 3.63) is 59.7 Å². The first-order valence-corrected chi connectivity index (χ1v) is 8.40. The predicted octanol–water partition coefficient (Wildman–Crippen LogP) is 2.96. The van der Waals surface area contributed by atoms with Gasteiger partial charge < -0.3 is 19.7 Å². The zero-order valence-corrected chi connectivity index (χ0v) is 14.6. The largest absolute Gasteiger partial charge is 0.479 e. The number of carboxylic acid groups (broad SMARTS) is 1. The highest BCUT2D eigenvalue weighted by atomic mass is 16.5. The second-order valence-corrected chi connectivity index (χ2v) is 5.75. The number of hydrogen-bond acceptors (Lipinski definition) is 5. The molecule has 6 nitrogen and oxygen atoms in total. The number of rotatable bonds is 9. The van der Waals surface area contributed by atoms with Crippen molar-refractivity contribution in [1.29, 1.82) is 0 Å². The molecular formula is C20H22O6. The molecule has 1 unspecified atom stereocenters. The first-order valence-electron chi connectivity index (χ1n) is 8.40. The van der Waals surface area contributed by atoms with Gasteiger partial charge >= 0.3 is 11.9 Å². The van der Waals surface area contributed by atoms with E-state index in [1.165, 1.54) is 0 Å². The molecule has 0 saturated heterocycles. The number of aliphatic carboxylic acids is 1. The molecule has 26 heavy (non-hydrogen) atoms. The summed E-state index contributed by atoms with van der Waals surface area (Å²) in [5.41, 5.74) is 1.73. The van der Waals surface area contributed by atoms with E-state index in [0.29, 0.717) is 36.5 Å². The van der Waals surface area contributed by atoms with Gasteiger partial charge in [0, 0.05) is 12.8 Å². The fraction of sp³-hybridized carbons (Fsp3) is 0.300. The quantitative estimate of drug-likeness (QED) is 0.670. The molecule has 0 aromatic heterocycles. The summed E-state index contributed by atoms with van der Waals surface area (Å²) in [6.07, 6.45) is -0.411. The highest BCUT2D eigenvalue weighted by Gasteiger charge is 2.13. The van der Waals surface area contributed by atoms with Gasteiger partial charge in [-0.1, -0.05) is 24.3 Å². The van der Waals surface area contributed by atoms with Gasteiger partial charge in [0.15, 0.2) is 6.10 Å². The Kier molecular flexibility index (Phi) is 7.17. The number of aryl methyl sites for hydroxylation is 1. The Morgan fingerprint density at radius 3 is 2.00 bits per heavy atom. The van der Waals surface area contributed by atoms with E-state index in [-0.39, 0.29) is 12.4 Å². The second kappa shape index (κ2) is 9.58. The molecule has 6 heteroatoms. The summed E-state index contributed by atoms with van der Waals surface area (Å²) in [7, 11) is 0. The average Bonchev–Trinajstić information content (AvgIpc) is 2.63. The molecule has 1 atom stereocenters. The lowest BCUT2D eigenvalue weighted by Crippen LogP contribution is -2.21. The average molecular weight is 358 g/mol. The maximum Gasteiger partial charge on any atom is 0.332 e. The normalized spacial score (nSPS) is 11.6. The standard InChI is InChI=1S/C20H22O6/c1-2-25-19(22)12-7-14-3-8-16(9-4-14)26-17-10-5-15(6-11-17)13-18(21)20(23)24/h3-6,8-11,18,21H,2,7,12-13H2,1H3,(H,23,24). The fourth-order valence-electron chi connectivity index (χ4n) is 2.34. The highest BCUT2D eigenvalue weighted by Crippen LogP contribution is 2.23. The minimum Gasteiger partial charge on any atom is -0.479 e. The van der Waals surface area contributed by atoms with Crippen molar-refractivity contribution >= 4 is 11.9 Å². The Hall–Kier alpha value is -2.86. The number of aliphatic hydroxyl groups is 1. The molecule has 2 aromatic carbocycles. The predicted molar refractivity (Wildman–Crippen MR) is 95.3 cm³/mol. The van der Waals surface area contributed by atoms with Crippen molar-refractivity contribution < 1.29 is 29.3 Å². The maximum absolute atomic E-state index is 11.4. The minimum atomic E-state index is -1.41. The van der Waals surface area contributed by atoms with Crippen LogP contribution in [-0.4, -0.2) is 34.9 Å². The number of benzene rings is 2. The summed E-state index contributed by atoms with van der Waals surface area (Å²) < 4.78 is 10.6. The first kappa shape index (κ1) is 19.5. The smallest absolute Gasteiger partial charge is 0.332 e. The van der Waals surface area contributed by atoms with E-state index in [1.54, 1.807) is 31.2 Å². The summed E-state index contributed by atoms with van der Waals surface area (Å²) in [5.74, 6) is -0.185. The maximum atomic E-state index is 11.4. The fourth-order valence-corrected chi connectivity index (χ4v) is 2.34. The van der Waals surface area contributed by atoms with Gasteiger partial charge in [0.25, 0.3) is 0 Å². The molecule has 0 amide bonds. The van der Waals surface area contributed by atoms with Crippen LogP contribution < -0.4 is 4.74 Å². The van der Waals surface area contributed by atoms with E-state index in [1.807, 2.05) is 24.3 Å². The number of hydrogen-bond donors (Lipinski definition) is 2. The van der Waals surface area contributed by atoms with Gasteiger partial charge in [0.1, 0.15) is 11.5 Å². The molecule has 138 valence electrons. The molecule has 2 rings (SSSR count). The number of esters is 1. The van der Waals surface area contributed by atoms with Crippen LogP contribution in [0.15, 0.2) is 48.5 Å². The van der Waals surface area contributed by atoms with Crippen LogP contribution in [-0.2, 0) is 27.2 Å². The van der Waals surface area contributed by atoms with E-state index in [9.17, 15) is 14.7 Å². The third-order valence-corrected chi connectivity index (χ3v) is 3.72. The Morgan fingerprint density at radius 1 is 0.962 bits per heavy atom. The van der Waals surface area contributed by atoms with E-state index < -0.39 is 12.1 Å². The lowest BCUT2D eigenvalue weighted by Gasteiger charge is -2.09. The first-order chi connectivity index (χ1) is 12.5. The molecule has 0 aliphatic rings. The van der Waals surface area contributed by atoms with Crippen molar-refractivity contribution in [2.24, 2.45) is 0 Å². The van der Waals surface area contributed by atoms with Crippen LogP contribution in [0, 0.1) is 0 Å². The van der Waals surface area contributed by atoms with Gasteiger partial charge in [0.2, 0.25) is 0 Å². The van der Waals surface area contributed by atoms with Crippen LogP contribution in [0.1, 0.15) is 24.5 Å². The lowest BCUT2D eigenvalue weighted by molar-refractivity contribution is -0.146. The molecule has 0 aliphatic carbocycles. The van der Waals surface area contributed by atoms with Crippen molar-refractivity contribution in [2.75, 3.05) is 6.61 Å². The van der Waals surface area contributed by atoms with Gasteiger partial charge in [-0.05, 0) is 48.7 Å².